The van der Waals surface area contributed by atoms with Crippen LogP contribution in [0, 0.1) is 0 Å². The third-order valence-electron chi connectivity index (χ3n) is 4.37. The fourth-order valence-corrected chi connectivity index (χ4v) is 4.19. The molecule has 108 valence electrons. The Bertz CT molecular complexity index is 531. The zero-order valence-electron chi connectivity index (χ0n) is 12.1. The quantitative estimate of drug-likeness (QED) is 0.796. The summed E-state index contributed by atoms with van der Waals surface area (Å²) in [5.41, 5.74) is 8.00. The number of hydrogen-bond donors (Lipinski definition) is 1. The topological polar surface area (TPSA) is 26.0 Å². The van der Waals surface area contributed by atoms with Crippen molar-refractivity contribution in [1.82, 2.24) is 0 Å². The fourth-order valence-electron chi connectivity index (χ4n) is 3.04. The van der Waals surface area contributed by atoms with Crippen LogP contribution >= 0.6 is 22.9 Å². The van der Waals surface area contributed by atoms with Crippen molar-refractivity contribution in [1.29, 1.82) is 0 Å². The van der Waals surface area contributed by atoms with Crippen LogP contribution in [0.1, 0.15) is 37.1 Å². The lowest BCUT2D eigenvalue weighted by Gasteiger charge is -2.38. The van der Waals surface area contributed by atoms with Gasteiger partial charge in [0, 0.05) is 16.3 Å². The van der Waals surface area contributed by atoms with Gasteiger partial charge in [0.1, 0.15) is 0 Å². The molecule has 0 spiro atoms. The maximum absolute atomic E-state index is 6.61. The van der Waals surface area contributed by atoms with Crippen LogP contribution < -0.4 is 5.73 Å². The first-order valence-corrected chi connectivity index (χ1v) is 8.37. The Morgan fingerprint density at radius 3 is 2.25 bits per heavy atom. The van der Waals surface area contributed by atoms with E-state index in [0.29, 0.717) is 0 Å². The Hall–Kier alpha value is -0.830. The second-order valence-electron chi connectivity index (χ2n) is 5.25. The average Bonchev–Trinajstić information content (AvgIpc) is 2.87. The number of halogens is 1. The van der Waals surface area contributed by atoms with E-state index in [9.17, 15) is 0 Å². The number of nitrogens with two attached hydrogens (primary N) is 1. The van der Waals surface area contributed by atoms with Gasteiger partial charge in [0.2, 0.25) is 0 Å². The fraction of sp³-hybridized carbons (Fsp3) is 0.412. The highest BCUT2D eigenvalue weighted by molar-refractivity contribution is 7.16. The molecule has 3 heteroatoms. The van der Waals surface area contributed by atoms with Gasteiger partial charge < -0.3 is 5.73 Å². The van der Waals surface area contributed by atoms with E-state index in [1.807, 2.05) is 6.07 Å². The van der Waals surface area contributed by atoms with Crippen LogP contribution in [-0.2, 0) is 11.8 Å². The van der Waals surface area contributed by atoms with E-state index in [4.69, 9.17) is 17.3 Å². The largest absolute Gasteiger partial charge is 0.327 e. The molecule has 0 fully saturated rings. The Morgan fingerprint density at radius 2 is 1.75 bits per heavy atom. The molecule has 0 radical (unpaired) electrons. The lowest BCUT2D eigenvalue weighted by Crippen LogP contribution is -2.46. The molecule has 2 aromatic rings. The van der Waals surface area contributed by atoms with Crippen molar-refractivity contribution in [3.8, 4) is 0 Å². The average molecular weight is 308 g/mol. The minimum atomic E-state index is 0.0394. The third-order valence-corrected chi connectivity index (χ3v) is 5.62. The molecule has 0 aliphatic rings. The number of rotatable bonds is 6. The molecule has 1 nitrogen and oxygen atoms in total. The lowest BCUT2D eigenvalue weighted by atomic mass is 9.69. The zero-order valence-corrected chi connectivity index (χ0v) is 13.7. The molecule has 2 rings (SSSR count). The molecule has 0 saturated carbocycles. The summed E-state index contributed by atoms with van der Waals surface area (Å²) >= 11 is 7.65. The van der Waals surface area contributed by atoms with Crippen molar-refractivity contribution in [2.75, 3.05) is 0 Å². The van der Waals surface area contributed by atoms with Gasteiger partial charge in [0.05, 0.1) is 4.34 Å². The van der Waals surface area contributed by atoms with Gasteiger partial charge >= 0.3 is 0 Å². The Balaban J connectivity index is 2.28. The monoisotopic (exact) mass is 307 g/mol. The molecule has 1 atom stereocenters. The van der Waals surface area contributed by atoms with Gasteiger partial charge in [-0.1, -0.05) is 55.8 Å². The minimum absolute atomic E-state index is 0.0394. The van der Waals surface area contributed by atoms with Gasteiger partial charge in [-0.25, -0.2) is 0 Å². The standard InChI is InChI=1S/C17H22ClNS/c1-3-17(4-2,13-8-6-5-7-9-13)15(19)12-14-10-11-16(18)20-14/h5-11,15H,3-4,12,19H2,1-2H3. The molecule has 20 heavy (non-hydrogen) atoms. The molecule has 0 amide bonds. The van der Waals surface area contributed by atoms with Crippen LogP contribution in [0.25, 0.3) is 0 Å². The summed E-state index contributed by atoms with van der Waals surface area (Å²) in [6, 6.07) is 14.8. The second kappa shape index (κ2) is 6.75. The van der Waals surface area contributed by atoms with Gasteiger partial charge in [0.15, 0.2) is 0 Å². The van der Waals surface area contributed by atoms with Gasteiger partial charge in [-0.3, -0.25) is 0 Å². The molecule has 0 aliphatic carbocycles. The van der Waals surface area contributed by atoms with Crippen molar-refractivity contribution in [2.24, 2.45) is 5.73 Å². The predicted octanol–water partition coefficient (Wildman–Crippen LogP) is 5.03. The number of thiophene rings is 1. The van der Waals surface area contributed by atoms with Crippen LogP contribution in [0.5, 0.6) is 0 Å². The van der Waals surface area contributed by atoms with Crippen LogP contribution in [0.2, 0.25) is 4.34 Å². The molecule has 1 heterocycles. The first kappa shape index (κ1) is 15.6. The van der Waals surface area contributed by atoms with Gasteiger partial charge in [0.25, 0.3) is 0 Å². The first-order valence-electron chi connectivity index (χ1n) is 7.17. The van der Waals surface area contributed by atoms with Crippen molar-refractivity contribution in [2.45, 2.75) is 44.6 Å². The van der Waals surface area contributed by atoms with E-state index >= 15 is 0 Å². The van der Waals surface area contributed by atoms with E-state index < -0.39 is 0 Å². The lowest BCUT2D eigenvalue weighted by molar-refractivity contribution is 0.316. The van der Waals surface area contributed by atoms with Gasteiger partial charge in [-0.05, 0) is 37.0 Å². The van der Waals surface area contributed by atoms with Crippen LogP contribution in [0.4, 0.5) is 0 Å². The van der Waals surface area contributed by atoms with Crippen molar-refractivity contribution < 1.29 is 0 Å². The van der Waals surface area contributed by atoms with Gasteiger partial charge in [-0.15, -0.1) is 11.3 Å². The summed E-state index contributed by atoms with van der Waals surface area (Å²) < 4.78 is 0.838. The van der Waals surface area contributed by atoms with Crippen molar-refractivity contribution in [3.05, 3.63) is 57.2 Å². The number of hydrogen-bond acceptors (Lipinski definition) is 2. The molecular weight excluding hydrogens is 286 g/mol. The Kier molecular flexibility index (Phi) is 5.25. The maximum atomic E-state index is 6.61. The third kappa shape index (κ3) is 3.08. The molecule has 0 aliphatic heterocycles. The molecule has 1 unspecified atom stereocenters. The van der Waals surface area contributed by atoms with E-state index in [1.165, 1.54) is 10.4 Å². The van der Waals surface area contributed by atoms with E-state index in [0.717, 1.165) is 23.6 Å². The smallest absolute Gasteiger partial charge is 0.0931 e. The highest BCUT2D eigenvalue weighted by Crippen LogP contribution is 2.36. The molecule has 0 saturated heterocycles. The first-order chi connectivity index (χ1) is 9.62. The zero-order chi connectivity index (χ0) is 14.6. The van der Waals surface area contributed by atoms with E-state index in [-0.39, 0.29) is 11.5 Å². The molecular formula is C17H22ClNS. The maximum Gasteiger partial charge on any atom is 0.0931 e. The Labute approximate surface area is 130 Å². The van der Waals surface area contributed by atoms with Crippen LogP contribution in [0.15, 0.2) is 42.5 Å². The summed E-state index contributed by atoms with van der Waals surface area (Å²) in [7, 11) is 0. The summed E-state index contributed by atoms with van der Waals surface area (Å²) in [5, 5.41) is 0. The summed E-state index contributed by atoms with van der Waals surface area (Å²) in [4.78, 5) is 1.27. The highest BCUT2D eigenvalue weighted by atomic mass is 35.5. The van der Waals surface area contributed by atoms with E-state index in [1.54, 1.807) is 11.3 Å². The summed E-state index contributed by atoms with van der Waals surface area (Å²) in [6.45, 7) is 4.47. The van der Waals surface area contributed by atoms with E-state index in [2.05, 4.69) is 50.2 Å². The molecule has 1 aromatic carbocycles. The normalized spacial score (nSPS) is 13.4. The predicted molar refractivity (Wildman–Crippen MR) is 89.7 cm³/mol. The molecule has 0 bridgehead atoms. The Morgan fingerprint density at radius 1 is 1.10 bits per heavy atom. The van der Waals surface area contributed by atoms with Crippen LogP contribution in [-0.4, -0.2) is 6.04 Å². The minimum Gasteiger partial charge on any atom is -0.327 e. The SMILES string of the molecule is CCC(CC)(c1ccccc1)C(N)Cc1ccc(Cl)s1. The highest BCUT2D eigenvalue weighted by Gasteiger charge is 2.35. The van der Waals surface area contributed by atoms with Crippen molar-refractivity contribution >= 4 is 22.9 Å². The van der Waals surface area contributed by atoms with Crippen molar-refractivity contribution in [3.63, 3.8) is 0 Å². The number of benzene rings is 1. The summed E-state index contributed by atoms with van der Waals surface area (Å²) in [6.07, 6.45) is 2.98. The second-order valence-corrected chi connectivity index (χ2v) is 7.05. The molecule has 1 aromatic heterocycles. The molecule has 2 N–H and O–H groups in total. The van der Waals surface area contributed by atoms with Crippen LogP contribution in [0.3, 0.4) is 0 Å². The summed E-state index contributed by atoms with van der Waals surface area (Å²) in [5.74, 6) is 0. The van der Waals surface area contributed by atoms with Gasteiger partial charge in [-0.2, -0.15) is 0 Å².